The number of nitrogens with one attached hydrogen (secondary N) is 2. The molecule has 2 heterocycles. The SMILES string of the molecule is Nc1ccccc1NC(=O)c1ccc(CNc2nccc(-c3cccc(OCCN4CCOCC4)c3)n2)cc1. The van der Waals surface area contributed by atoms with Crippen LogP contribution in [-0.2, 0) is 11.3 Å². The minimum atomic E-state index is -0.212. The highest BCUT2D eigenvalue weighted by molar-refractivity contribution is 6.05. The number of carbonyl (C=O) groups excluding carboxylic acids is 1. The number of nitrogens with two attached hydrogens (primary N) is 1. The van der Waals surface area contributed by atoms with Crippen LogP contribution in [0.3, 0.4) is 0 Å². The van der Waals surface area contributed by atoms with Crippen LogP contribution in [-0.4, -0.2) is 60.2 Å². The maximum Gasteiger partial charge on any atom is 0.255 e. The van der Waals surface area contributed by atoms with Gasteiger partial charge in [-0.15, -0.1) is 0 Å². The van der Waals surface area contributed by atoms with Gasteiger partial charge in [-0.1, -0.05) is 36.4 Å². The number of rotatable bonds is 10. The number of ether oxygens (including phenoxy) is 2. The molecule has 9 nitrogen and oxygen atoms in total. The monoisotopic (exact) mass is 524 g/mol. The molecule has 9 heteroatoms. The Hall–Kier alpha value is -4.47. The van der Waals surface area contributed by atoms with E-state index in [4.69, 9.17) is 15.2 Å². The number of nitrogens with zero attached hydrogens (tertiary/aromatic N) is 3. The molecule has 5 rings (SSSR count). The standard InChI is InChI=1S/C30H32N6O3/c31-26-6-1-2-7-28(26)34-29(37)23-10-8-22(9-11-23)21-33-30-32-13-12-27(35-30)24-4-3-5-25(20-24)39-19-16-36-14-17-38-18-15-36/h1-13,20H,14-19,21,31H2,(H,34,37)(H,32,33,35). The summed E-state index contributed by atoms with van der Waals surface area (Å²) in [6, 6.07) is 24.4. The first-order valence-corrected chi connectivity index (χ1v) is 13.0. The van der Waals surface area contributed by atoms with Gasteiger partial charge in [-0.25, -0.2) is 9.97 Å². The van der Waals surface area contributed by atoms with E-state index in [2.05, 4.69) is 25.5 Å². The fourth-order valence-electron chi connectivity index (χ4n) is 4.23. The van der Waals surface area contributed by atoms with Gasteiger partial charge in [0, 0.05) is 43.5 Å². The van der Waals surface area contributed by atoms with E-state index in [9.17, 15) is 4.79 Å². The van der Waals surface area contributed by atoms with E-state index in [-0.39, 0.29) is 5.91 Å². The molecule has 0 unspecified atom stereocenters. The van der Waals surface area contributed by atoms with Crippen molar-refractivity contribution >= 4 is 23.2 Å². The second-order valence-electron chi connectivity index (χ2n) is 9.19. The molecule has 1 saturated heterocycles. The first-order valence-electron chi connectivity index (χ1n) is 13.0. The third kappa shape index (κ3) is 7.31. The molecule has 39 heavy (non-hydrogen) atoms. The average Bonchev–Trinajstić information content (AvgIpc) is 2.98. The van der Waals surface area contributed by atoms with Gasteiger partial charge in [-0.05, 0) is 48.0 Å². The molecule has 200 valence electrons. The quantitative estimate of drug-likeness (QED) is 0.263. The van der Waals surface area contributed by atoms with E-state index >= 15 is 0 Å². The van der Waals surface area contributed by atoms with Crippen molar-refractivity contribution in [2.45, 2.75) is 6.54 Å². The summed E-state index contributed by atoms with van der Waals surface area (Å²) in [4.78, 5) is 23.9. The third-order valence-corrected chi connectivity index (χ3v) is 6.44. The van der Waals surface area contributed by atoms with E-state index in [1.54, 1.807) is 30.5 Å². The molecule has 1 aromatic heterocycles. The van der Waals surface area contributed by atoms with Crippen LogP contribution in [0.25, 0.3) is 11.3 Å². The summed E-state index contributed by atoms with van der Waals surface area (Å²) in [6.45, 7) is 5.48. The summed E-state index contributed by atoms with van der Waals surface area (Å²) in [5.74, 6) is 1.12. The Morgan fingerprint density at radius 3 is 2.64 bits per heavy atom. The Balaban J connectivity index is 1.15. The molecule has 0 atom stereocenters. The Morgan fingerprint density at radius 2 is 1.82 bits per heavy atom. The highest BCUT2D eigenvalue weighted by Gasteiger charge is 2.11. The van der Waals surface area contributed by atoms with E-state index in [0.717, 1.165) is 55.4 Å². The van der Waals surface area contributed by atoms with Gasteiger partial charge in [0.1, 0.15) is 12.4 Å². The summed E-state index contributed by atoms with van der Waals surface area (Å²) in [5, 5.41) is 6.11. The van der Waals surface area contributed by atoms with Crippen LogP contribution in [0.4, 0.5) is 17.3 Å². The number of nitrogen functional groups attached to an aromatic ring is 1. The van der Waals surface area contributed by atoms with Crippen molar-refractivity contribution in [3.63, 3.8) is 0 Å². The summed E-state index contributed by atoms with van der Waals surface area (Å²) in [6.07, 6.45) is 1.74. The Bertz CT molecular complexity index is 1390. The summed E-state index contributed by atoms with van der Waals surface area (Å²) >= 11 is 0. The van der Waals surface area contributed by atoms with Crippen molar-refractivity contribution in [2.24, 2.45) is 0 Å². The molecule has 0 aliphatic carbocycles. The third-order valence-electron chi connectivity index (χ3n) is 6.44. The first kappa shape index (κ1) is 26.1. The second-order valence-corrected chi connectivity index (χ2v) is 9.19. The molecule has 0 spiro atoms. The largest absolute Gasteiger partial charge is 0.492 e. The van der Waals surface area contributed by atoms with Gasteiger partial charge in [0.25, 0.3) is 5.91 Å². The average molecular weight is 525 g/mol. The van der Waals surface area contributed by atoms with Crippen molar-refractivity contribution in [1.82, 2.24) is 14.9 Å². The van der Waals surface area contributed by atoms with Crippen molar-refractivity contribution in [1.29, 1.82) is 0 Å². The van der Waals surface area contributed by atoms with Crippen molar-refractivity contribution in [2.75, 3.05) is 55.8 Å². The summed E-state index contributed by atoms with van der Waals surface area (Å²) < 4.78 is 11.4. The van der Waals surface area contributed by atoms with Gasteiger partial charge in [-0.3, -0.25) is 9.69 Å². The summed E-state index contributed by atoms with van der Waals surface area (Å²) in [5.41, 5.74) is 10.3. The van der Waals surface area contributed by atoms with Crippen LogP contribution >= 0.6 is 0 Å². The second kappa shape index (κ2) is 12.9. The van der Waals surface area contributed by atoms with Crippen molar-refractivity contribution < 1.29 is 14.3 Å². The van der Waals surface area contributed by atoms with E-state index in [0.29, 0.717) is 36.0 Å². The lowest BCUT2D eigenvalue weighted by atomic mass is 10.1. The van der Waals surface area contributed by atoms with E-state index in [1.807, 2.05) is 54.6 Å². The molecule has 0 saturated carbocycles. The number of carbonyl (C=O) groups is 1. The lowest BCUT2D eigenvalue weighted by Gasteiger charge is -2.26. The number of aromatic nitrogens is 2. The Morgan fingerprint density at radius 1 is 1.00 bits per heavy atom. The number of morpholine rings is 1. The number of benzene rings is 3. The molecule has 4 aromatic rings. The lowest BCUT2D eigenvalue weighted by Crippen LogP contribution is -2.38. The molecule has 0 radical (unpaired) electrons. The Kier molecular flexibility index (Phi) is 8.62. The zero-order valence-corrected chi connectivity index (χ0v) is 21.7. The lowest BCUT2D eigenvalue weighted by molar-refractivity contribution is 0.0322. The van der Waals surface area contributed by atoms with Crippen molar-refractivity contribution in [3.8, 4) is 17.0 Å². The van der Waals surface area contributed by atoms with Crippen LogP contribution in [0.1, 0.15) is 15.9 Å². The van der Waals surface area contributed by atoms with Gasteiger partial charge in [0.15, 0.2) is 0 Å². The topological polar surface area (TPSA) is 115 Å². The fraction of sp³-hybridized carbons (Fsp3) is 0.233. The molecule has 1 aliphatic rings. The van der Waals surface area contributed by atoms with Gasteiger partial charge in [0.2, 0.25) is 5.95 Å². The first-order chi connectivity index (χ1) is 19.1. The smallest absolute Gasteiger partial charge is 0.255 e. The number of hydrogen-bond donors (Lipinski definition) is 3. The molecule has 1 aliphatic heterocycles. The summed E-state index contributed by atoms with van der Waals surface area (Å²) in [7, 11) is 0. The van der Waals surface area contributed by atoms with Crippen LogP contribution in [0.15, 0.2) is 85.1 Å². The minimum absolute atomic E-state index is 0.212. The molecule has 1 fully saturated rings. The van der Waals surface area contributed by atoms with Crippen molar-refractivity contribution in [3.05, 3.63) is 96.2 Å². The zero-order chi connectivity index (χ0) is 26.9. The fourth-order valence-corrected chi connectivity index (χ4v) is 4.23. The van der Waals surface area contributed by atoms with Crippen LogP contribution in [0.2, 0.25) is 0 Å². The van der Waals surface area contributed by atoms with E-state index in [1.165, 1.54) is 0 Å². The van der Waals surface area contributed by atoms with Crippen LogP contribution in [0, 0.1) is 0 Å². The molecular formula is C30H32N6O3. The van der Waals surface area contributed by atoms with Crippen LogP contribution < -0.4 is 21.1 Å². The van der Waals surface area contributed by atoms with Gasteiger partial charge >= 0.3 is 0 Å². The number of amides is 1. The number of para-hydroxylation sites is 2. The highest BCUT2D eigenvalue weighted by Crippen LogP contribution is 2.23. The van der Waals surface area contributed by atoms with Gasteiger partial charge in [-0.2, -0.15) is 0 Å². The highest BCUT2D eigenvalue weighted by atomic mass is 16.5. The minimum Gasteiger partial charge on any atom is -0.492 e. The Labute approximate surface area is 228 Å². The van der Waals surface area contributed by atoms with Gasteiger partial charge in [0.05, 0.1) is 30.3 Å². The molecule has 4 N–H and O–H groups in total. The zero-order valence-electron chi connectivity index (χ0n) is 21.7. The maximum absolute atomic E-state index is 12.6. The van der Waals surface area contributed by atoms with Gasteiger partial charge < -0.3 is 25.8 Å². The molecule has 3 aromatic carbocycles. The number of hydrogen-bond acceptors (Lipinski definition) is 8. The molecule has 1 amide bonds. The van der Waals surface area contributed by atoms with Crippen LogP contribution in [0.5, 0.6) is 5.75 Å². The van der Waals surface area contributed by atoms with E-state index < -0.39 is 0 Å². The molecular weight excluding hydrogens is 492 g/mol. The molecule has 0 bridgehead atoms. The predicted octanol–water partition coefficient (Wildman–Crippen LogP) is 4.30. The predicted molar refractivity (Wildman–Crippen MR) is 153 cm³/mol. The number of anilines is 3. The maximum atomic E-state index is 12.6. The normalized spacial score (nSPS) is 13.5.